The quantitative estimate of drug-likeness (QED) is 0.675. The summed E-state index contributed by atoms with van der Waals surface area (Å²) in [5.41, 5.74) is 9.02. The Morgan fingerprint density at radius 2 is 1.90 bits per heavy atom. The lowest BCUT2D eigenvalue weighted by Gasteiger charge is -2.10. The van der Waals surface area contributed by atoms with Crippen LogP contribution < -0.4 is 5.73 Å². The van der Waals surface area contributed by atoms with Gasteiger partial charge in [-0.1, -0.05) is 37.6 Å². The average Bonchev–Trinajstić information content (AvgIpc) is 3.06. The molecule has 0 saturated heterocycles. The molecule has 0 fully saturated rings. The molecule has 1 atom stereocenters. The lowest BCUT2D eigenvalue weighted by atomic mass is 10.0. The molecule has 20 heavy (non-hydrogen) atoms. The Bertz CT molecular complexity index is 650. The number of unbranched alkanes of at least 4 members (excludes halogenated alkanes) is 1. The van der Waals surface area contributed by atoms with Crippen molar-refractivity contribution in [2.75, 3.05) is 0 Å². The Labute approximate surface area is 128 Å². The van der Waals surface area contributed by atoms with E-state index in [1.54, 1.807) is 11.3 Å². The van der Waals surface area contributed by atoms with E-state index in [1.807, 2.05) is 11.3 Å². The molecule has 3 rings (SSSR count). The van der Waals surface area contributed by atoms with E-state index in [0.717, 1.165) is 0 Å². The van der Waals surface area contributed by atoms with Crippen LogP contribution in [0.5, 0.6) is 0 Å². The van der Waals surface area contributed by atoms with E-state index in [9.17, 15) is 0 Å². The van der Waals surface area contributed by atoms with Crippen molar-refractivity contribution in [1.82, 2.24) is 0 Å². The Morgan fingerprint density at radius 1 is 1.10 bits per heavy atom. The molecule has 1 nitrogen and oxygen atoms in total. The second kappa shape index (κ2) is 6.08. The largest absolute Gasteiger partial charge is 0.320 e. The number of fused-ring (bicyclic) bond motifs is 1. The predicted octanol–water partition coefficient (Wildman–Crippen LogP) is 5.35. The second-order valence-corrected chi connectivity index (χ2v) is 7.18. The molecule has 0 radical (unpaired) electrons. The van der Waals surface area contributed by atoms with Gasteiger partial charge in [0.15, 0.2) is 0 Å². The summed E-state index contributed by atoms with van der Waals surface area (Å²) >= 11 is 3.60. The minimum absolute atomic E-state index is 0.000162. The number of nitrogens with two attached hydrogens (primary N) is 1. The van der Waals surface area contributed by atoms with Gasteiger partial charge in [0.2, 0.25) is 0 Å². The topological polar surface area (TPSA) is 26.0 Å². The molecule has 3 aromatic rings. The van der Waals surface area contributed by atoms with E-state index in [2.05, 4.69) is 48.7 Å². The summed E-state index contributed by atoms with van der Waals surface area (Å²) in [6.45, 7) is 2.23. The molecule has 0 aliphatic rings. The molecule has 1 unspecified atom stereocenters. The summed E-state index contributed by atoms with van der Waals surface area (Å²) in [5, 5.41) is 2.14. The zero-order valence-electron chi connectivity index (χ0n) is 11.6. The van der Waals surface area contributed by atoms with Gasteiger partial charge >= 0.3 is 0 Å². The molecule has 104 valence electrons. The normalized spacial score (nSPS) is 12.9. The fraction of sp³-hybridized carbons (Fsp3) is 0.294. The third kappa shape index (κ3) is 2.80. The summed E-state index contributed by atoms with van der Waals surface area (Å²) in [4.78, 5) is 1.26. The molecule has 2 aromatic heterocycles. The van der Waals surface area contributed by atoms with Crippen LogP contribution in [0.15, 0.2) is 41.8 Å². The Hall–Kier alpha value is -1.16. The number of rotatable bonds is 5. The molecule has 1 aromatic carbocycles. The van der Waals surface area contributed by atoms with Crippen molar-refractivity contribution in [3.05, 3.63) is 57.8 Å². The molecule has 0 aliphatic carbocycles. The van der Waals surface area contributed by atoms with Crippen LogP contribution >= 0.6 is 22.7 Å². The van der Waals surface area contributed by atoms with Crippen molar-refractivity contribution in [2.24, 2.45) is 5.73 Å². The van der Waals surface area contributed by atoms with E-state index in [-0.39, 0.29) is 6.04 Å². The summed E-state index contributed by atoms with van der Waals surface area (Å²) in [7, 11) is 0. The van der Waals surface area contributed by atoms with Crippen LogP contribution in [0.3, 0.4) is 0 Å². The first-order valence-corrected chi connectivity index (χ1v) is 8.79. The number of aryl methyl sites for hydroxylation is 1. The van der Waals surface area contributed by atoms with E-state index in [4.69, 9.17) is 5.73 Å². The second-order valence-electron chi connectivity index (χ2n) is 5.12. The van der Waals surface area contributed by atoms with Gasteiger partial charge in [0.25, 0.3) is 0 Å². The van der Waals surface area contributed by atoms with Gasteiger partial charge in [0.05, 0.1) is 6.04 Å². The van der Waals surface area contributed by atoms with Gasteiger partial charge in [0, 0.05) is 14.3 Å². The minimum atomic E-state index is -0.000162. The van der Waals surface area contributed by atoms with Gasteiger partial charge in [-0.3, -0.25) is 0 Å². The van der Waals surface area contributed by atoms with Crippen molar-refractivity contribution in [1.29, 1.82) is 0 Å². The van der Waals surface area contributed by atoms with Gasteiger partial charge in [-0.05, 0) is 41.5 Å². The average molecular weight is 301 g/mol. The Balaban J connectivity index is 1.79. The van der Waals surface area contributed by atoms with Crippen LogP contribution in [0, 0.1) is 0 Å². The van der Waals surface area contributed by atoms with E-state index >= 15 is 0 Å². The lowest BCUT2D eigenvalue weighted by Crippen LogP contribution is -2.10. The van der Waals surface area contributed by atoms with Crippen LogP contribution in [0.25, 0.3) is 9.40 Å². The zero-order chi connectivity index (χ0) is 13.9. The van der Waals surface area contributed by atoms with Crippen molar-refractivity contribution in [3.63, 3.8) is 0 Å². The van der Waals surface area contributed by atoms with E-state index in [0.29, 0.717) is 0 Å². The molecule has 0 spiro atoms. The van der Waals surface area contributed by atoms with E-state index in [1.165, 1.54) is 44.7 Å². The summed E-state index contributed by atoms with van der Waals surface area (Å²) in [6, 6.07) is 13.2. The van der Waals surface area contributed by atoms with Crippen LogP contribution in [0.1, 0.15) is 41.8 Å². The van der Waals surface area contributed by atoms with Crippen LogP contribution in [-0.2, 0) is 6.42 Å². The minimum Gasteiger partial charge on any atom is -0.320 e. The van der Waals surface area contributed by atoms with Crippen molar-refractivity contribution in [3.8, 4) is 0 Å². The highest BCUT2D eigenvalue weighted by molar-refractivity contribution is 7.27. The third-order valence-corrected chi connectivity index (χ3v) is 5.80. The highest BCUT2D eigenvalue weighted by Crippen LogP contribution is 2.34. The highest BCUT2D eigenvalue weighted by atomic mass is 32.1. The smallest absolute Gasteiger partial charge is 0.0646 e. The molecule has 3 heteroatoms. The molecule has 0 amide bonds. The molecular weight excluding hydrogens is 282 g/mol. The standard InChI is InChI=1S/C17H19NS2/c1-2-3-4-12-5-7-13(8-6-12)17(18)16-11-15-14(20-16)9-10-19-15/h5-11,17H,2-4,18H2,1H3. The van der Waals surface area contributed by atoms with Crippen LogP contribution in [-0.4, -0.2) is 0 Å². The molecule has 2 N–H and O–H groups in total. The predicted molar refractivity (Wildman–Crippen MR) is 90.8 cm³/mol. The fourth-order valence-electron chi connectivity index (χ4n) is 2.37. The maximum atomic E-state index is 6.40. The maximum Gasteiger partial charge on any atom is 0.0646 e. The molecule has 0 bridgehead atoms. The van der Waals surface area contributed by atoms with Gasteiger partial charge < -0.3 is 5.73 Å². The molecule has 0 saturated carbocycles. The van der Waals surface area contributed by atoms with Crippen molar-refractivity contribution in [2.45, 2.75) is 32.2 Å². The summed E-state index contributed by atoms with van der Waals surface area (Å²) < 4.78 is 2.69. The SMILES string of the molecule is CCCCc1ccc(C(N)c2cc3sccc3s2)cc1. The lowest BCUT2D eigenvalue weighted by molar-refractivity contribution is 0.793. The van der Waals surface area contributed by atoms with Crippen LogP contribution in [0.4, 0.5) is 0 Å². The van der Waals surface area contributed by atoms with E-state index < -0.39 is 0 Å². The highest BCUT2D eigenvalue weighted by Gasteiger charge is 2.12. The maximum absolute atomic E-state index is 6.40. The number of hydrogen-bond acceptors (Lipinski definition) is 3. The molecule has 0 aliphatic heterocycles. The number of benzene rings is 1. The molecular formula is C17H19NS2. The van der Waals surface area contributed by atoms with Crippen molar-refractivity contribution >= 4 is 32.1 Å². The van der Waals surface area contributed by atoms with Gasteiger partial charge in [-0.2, -0.15) is 0 Å². The number of thiophene rings is 2. The summed E-state index contributed by atoms with van der Waals surface area (Å²) in [6.07, 6.45) is 3.67. The first-order chi connectivity index (χ1) is 9.78. The Morgan fingerprint density at radius 3 is 2.60 bits per heavy atom. The van der Waals surface area contributed by atoms with Gasteiger partial charge in [-0.25, -0.2) is 0 Å². The van der Waals surface area contributed by atoms with Crippen LogP contribution in [0.2, 0.25) is 0 Å². The zero-order valence-corrected chi connectivity index (χ0v) is 13.3. The van der Waals surface area contributed by atoms with Crippen molar-refractivity contribution < 1.29 is 0 Å². The molecule has 2 heterocycles. The number of hydrogen-bond donors (Lipinski definition) is 1. The summed E-state index contributed by atoms with van der Waals surface area (Å²) in [5.74, 6) is 0. The first-order valence-electron chi connectivity index (χ1n) is 7.09. The first kappa shape index (κ1) is 13.8. The van der Waals surface area contributed by atoms with Gasteiger partial charge in [-0.15, -0.1) is 22.7 Å². The monoisotopic (exact) mass is 301 g/mol. The van der Waals surface area contributed by atoms with Gasteiger partial charge in [0.1, 0.15) is 0 Å². The Kier molecular flexibility index (Phi) is 4.20. The third-order valence-electron chi connectivity index (χ3n) is 3.62. The fourth-order valence-corrected chi connectivity index (χ4v) is 4.52.